The predicted octanol–water partition coefficient (Wildman–Crippen LogP) is 3.19. The highest BCUT2D eigenvalue weighted by molar-refractivity contribution is 7.89. The molecule has 3 fully saturated rings. The first-order chi connectivity index (χ1) is 39.7. The molecule has 30 nitrogen and oxygen atoms in total. The van der Waals surface area contributed by atoms with Gasteiger partial charge in [0.1, 0.15) is 37.1 Å². The minimum Gasteiger partial charge on any atom is -0.387 e. The molecule has 0 radical (unpaired) electrons. The van der Waals surface area contributed by atoms with E-state index in [-0.39, 0.29) is 44.0 Å². The number of anilines is 4. The standard InChI is InChI=1S/C27H36N8O7S.C24H32N8O7S/c1-5-7-8-13-32-43(38,39)17-11-9-16(10-12-17)33-26(37)34-22-18-23(30-14-29-22)35(15-31-18)25-21-19(41-27(3,4)42-21)20(40-25)24(36)28-6-2;1-3-5-6-11-29-40(37,38)15-9-7-14(8-10-15)30-24(36)31-20-16-21(27-12-26-20)32(13-28-16)23-18(34)17(33)19(39-23)22(35)25-4-2/h9-12,14-15,19-21,25,32H,5-8,13H2,1-4H3,(H,28,36)(H2,29,30,33,34,37);7-10,12-13,17-19,23,29,33-34H,3-6,11H2,1-2H3,(H,25,35)(H2,26,27,30,31,36)/t19-,20+,21-,25-;17-,18+,19-,23+/m10/s1. The van der Waals surface area contributed by atoms with Crippen molar-refractivity contribution in [2.24, 2.45) is 0 Å². The summed E-state index contributed by atoms with van der Waals surface area (Å²) in [5.74, 6) is -1.62. The third-order valence-electron chi connectivity index (χ3n) is 13.2. The third-order valence-corrected chi connectivity index (χ3v) is 16.2. The van der Waals surface area contributed by atoms with Crippen molar-refractivity contribution < 1.29 is 65.2 Å². The lowest BCUT2D eigenvalue weighted by molar-refractivity contribution is -0.197. The zero-order valence-corrected chi connectivity index (χ0v) is 47.9. The molecule has 3 aliphatic heterocycles. The largest absolute Gasteiger partial charge is 0.387 e. The lowest BCUT2D eigenvalue weighted by Gasteiger charge is -2.24. The van der Waals surface area contributed by atoms with Gasteiger partial charge in [-0.05, 0) is 89.1 Å². The summed E-state index contributed by atoms with van der Waals surface area (Å²) in [5.41, 5.74) is 1.69. The van der Waals surface area contributed by atoms with Gasteiger partial charge in [0.2, 0.25) is 20.0 Å². The van der Waals surface area contributed by atoms with Gasteiger partial charge >= 0.3 is 12.1 Å². The molecule has 3 aliphatic rings. The topological polar surface area (TPSA) is 397 Å². The molecule has 0 unspecified atom stereocenters. The Bertz CT molecular complexity index is 3480. The third kappa shape index (κ3) is 14.5. The van der Waals surface area contributed by atoms with E-state index in [1.54, 1.807) is 25.3 Å². The summed E-state index contributed by atoms with van der Waals surface area (Å²) in [7, 11) is -7.30. The van der Waals surface area contributed by atoms with Crippen LogP contribution >= 0.6 is 0 Å². The van der Waals surface area contributed by atoms with Gasteiger partial charge in [0, 0.05) is 37.6 Å². The summed E-state index contributed by atoms with van der Waals surface area (Å²) in [6.45, 7) is 12.6. The molecule has 0 saturated carbocycles. The molecular weight excluding hydrogens is 1120 g/mol. The Morgan fingerprint density at radius 3 is 1.45 bits per heavy atom. The van der Waals surface area contributed by atoms with Crippen LogP contribution in [0.5, 0.6) is 0 Å². The molecular formula is C51H68N16O14S2. The quantitative estimate of drug-likeness (QED) is 0.0436. The molecule has 0 spiro atoms. The number of aliphatic hydroxyl groups excluding tert-OH is 2. The van der Waals surface area contributed by atoms with Gasteiger partial charge in [0.25, 0.3) is 11.8 Å². The Morgan fingerprint density at radius 1 is 0.554 bits per heavy atom. The van der Waals surface area contributed by atoms with E-state index in [4.69, 9.17) is 18.9 Å². The van der Waals surface area contributed by atoms with Crippen LogP contribution in [0.3, 0.4) is 0 Å². The van der Waals surface area contributed by atoms with Gasteiger partial charge in [-0.3, -0.25) is 29.4 Å². The minimum atomic E-state index is -3.65. The van der Waals surface area contributed by atoms with Gasteiger partial charge in [0.05, 0.1) is 22.4 Å². The Hall–Kier alpha value is -7.40. The number of amides is 6. The van der Waals surface area contributed by atoms with Gasteiger partial charge in [-0.2, -0.15) is 0 Å². The summed E-state index contributed by atoms with van der Waals surface area (Å²) < 4.78 is 81.7. The summed E-state index contributed by atoms with van der Waals surface area (Å²) in [6.07, 6.45) is 2.23. The highest BCUT2D eigenvalue weighted by atomic mass is 32.2. The molecule has 8 atom stereocenters. The van der Waals surface area contributed by atoms with E-state index >= 15 is 0 Å². The van der Waals surface area contributed by atoms with Crippen molar-refractivity contribution in [1.82, 2.24) is 59.1 Å². The van der Waals surface area contributed by atoms with Crippen LogP contribution in [0.25, 0.3) is 22.3 Å². The van der Waals surface area contributed by atoms with Crippen LogP contribution in [-0.4, -0.2) is 159 Å². The molecule has 448 valence electrons. The molecule has 83 heavy (non-hydrogen) atoms. The van der Waals surface area contributed by atoms with Gasteiger partial charge in [-0.1, -0.05) is 39.5 Å². The van der Waals surface area contributed by atoms with Gasteiger partial charge < -0.3 is 50.4 Å². The average Bonchev–Trinajstić information content (AvgIpc) is 2.41. The fraction of sp³-hybridized carbons (Fsp3) is 0.490. The lowest BCUT2D eigenvalue weighted by atomic mass is 10.1. The SMILES string of the molecule is CCCCCNS(=O)(=O)c1ccc(NC(=O)Nc2ncnc3c2ncn3[C@@H]2O[C@H](C(=O)NCC)[C@@H](O)[C@H]2O)cc1.CCCCCNS(=O)(=O)c1ccc(NC(=O)Nc2ncnc3c2ncn3[C@@H]2O[C@H](C(=O)NCC)[C@H]3OC(C)(C)O[C@H]32)cc1. The molecule has 9 rings (SSSR count). The lowest BCUT2D eigenvalue weighted by Crippen LogP contribution is -2.42. The number of aliphatic hydroxyl groups is 2. The number of urea groups is 2. The van der Waals surface area contributed by atoms with Crippen LogP contribution in [-0.2, 0) is 48.6 Å². The number of imidazole rings is 2. The number of hydrogen-bond acceptors (Lipinski definition) is 20. The Morgan fingerprint density at radius 2 is 0.988 bits per heavy atom. The maximum absolute atomic E-state index is 12.8. The average molecular weight is 1190 g/mol. The fourth-order valence-corrected chi connectivity index (χ4v) is 11.4. The van der Waals surface area contributed by atoms with Gasteiger partial charge in [-0.15, -0.1) is 0 Å². The van der Waals surface area contributed by atoms with Crippen molar-refractivity contribution >= 4 is 89.3 Å². The summed E-state index contributed by atoms with van der Waals surface area (Å²) in [4.78, 5) is 75.9. The van der Waals surface area contributed by atoms with E-state index in [1.807, 2.05) is 20.8 Å². The van der Waals surface area contributed by atoms with Crippen molar-refractivity contribution in [2.75, 3.05) is 47.4 Å². The van der Waals surface area contributed by atoms with Gasteiger partial charge in [0.15, 0.2) is 64.4 Å². The number of nitrogens with zero attached hydrogens (tertiary/aromatic N) is 8. The maximum Gasteiger partial charge on any atom is 0.324 e. The normalized spacial score (nSPS) is 21.9. The number of ether oxygens (including phenoxy) is 4. The van der Waals surface area contributed by atoms with Crippen LogP contribution in [0, 0.1) is 0 Å². The number of hydrogen-bond donors (Lipinski definition) is 10. The molecule has 6 amide bonds. The molecule has 4 aromatic heterocycles. The fourth-order valence-electron chi connectivity index (χ4n) is 9.23. The second-order valence-electron chi connectivity index (χ2n) is 19.7. The van der Waals surface area contributed by atoms with Crippen molar-refractivity contribution in [1.29, 1.82) is 0 Å². The van der Waals surface area contributed by atoms with E-state index in [1.165, 1.54) is 78.4 Å². The molecule has 10 N–H and O–H groups in total. The zero-order chi connectivity index (χ0) is 59.6. The minimum absolute atomic E-state index is 0.0463. The zero-order valence-electron chi connectivity index (χ0n) is 46.3. The van der Waals surface area contributed by atoms with Crippen molar-refractivity contribution in [3.8, 4) is 0 Å². The second-order valence-corrected chi connectivity index (χ2v) is 23.3. The second kappa shape index (κ2) is 26.9. The van der Waals surface area contributed by atoms with E-state index in [0.717, 1.165) is 38.5 Å². The van der Waals surface area contributed by atoms with E-state index < -0.39 is 92.9 Å². The number of fused-ring (bicyclic) bond motifs is 3. The highest BCUT2D eigenvalue weighted by Crippen LogP contribution is 2.44. The highest BCUT2D eigenvalue weighted by Gasteiger charge is 2.58. The van der Waals surface area contributed by atoms with Crippen LogP contribution in [0.4, 0.5) is 32.6 Å². The number of benzene rings is 2. The number of carbonyl (C=O) groups excluding carboxylic acids is 4. The molecule has 0 bridgehead atoms. The number of rotatable bonds is 22. The number of carbonyl (C=O) groups is 4. The first-order valence-electron chi connectivity index (χ1n) is 27.0. The van der Waals surface area contributed by atoms with Crippen LogP contribution in [0.1, 0.15) is 92.5 Å². The Balaban J connectivity index is 0.000000217. The van der Waals surface area contributed by atoms with Crippen molar-refractivity contribution in [2.45, 2.75) is 145 Å². The number of unbranched alkanes of at least 4 members (excludes halogenated alkanes) is 4. The molecule has 0 aliphatic carbocycles. The first-order valence-corrected chi connectivity index (χ1v) is 29.9. The number of likely N-dealkylation sites (N-methyl/N-ethyl adjacent to an activating group) is 2. The smallest absolute Gasteiger partial charge is 0.324 e. The number of aromatic nitrogens is 8. The summed E-state index contributed by atoms with van der Waals surface area (Å²) in [6, 6.07) is 10.2. The van der Waals surface area contributed by atoms with Crippen LogP contribution in [0.15, 0.2) is 83.6 Å². The number of nitrogens with one attached hydrogen (secondary N) is 8. The van der Waals surface area contributed by atoms with Crippen molar-refractivity contribution in [3.05, 3.63) is 73.8 Å². The maximum atomic E-state index is 12.8. The molecule has 3 saturated heterocycles. The summed E-state index contributed by atoms with van der Waals surface area (Å²) in [5, 5.41) is 36.6. The summed E-state index contributed by atoms with van der Waals surface area (Å²) >= 11 is 0. The van der Waals surface area contributed by atoms with E-state index in [2.05, 4.69) is 71.2 Å². The first kappa shape index (κ1) is 61.7. The monoisotopic (exact) mass is 1190 g/mol. The molecule has 7 heterocycles. The Kier molecular flexibility index (Phi) is 20.0. The molecule has 2 aromatic carbocycles. The van der Waals surface area contributed by atoms with Crippen molar-refractivity contribution in [3.63, 3.8) is 0 Å². The number of sulfonamides is 2. The Labute approximate surface area is 477 Å². The molecule has 6 aromatic rings. The predicted molar refractivity (Wildman–Crippen MR) is 299 cm³/mol. The van der Waals surface area contributed by atoms with E-state index in [0.29, 0.717) is 43.2 Å². The van der Waals surface area contributed by atoms with Crippen LogP contribution < -0.4 is 41.3 Å². The van der Waals surface area contributed by atoms with Gasteiger partial charge in [-0.25, -0.2) is 65.8 Å². The van der Waals surface area contributed by atoms with E-state index in [9.17, 15) is 46.2 Å². The van der Waals surface area contributed by atoms with Crippen LogP contribution in [0.2, 0.25) is 0 Å². The molecule has 32 heteroatoms.